The van der Waals surface area contributed by atoms with Crippen LogP contribution >= 0.6 is 0 Å². The number of hydrogen-bond donors (Lipinski definition) is 0. The first-order chi connectivity index (χ1) is 12.3. The van der Waals surface area contributed by atoms with E-state index in [2.05, 4.69) is 0 Å². The lowest BCUT2D eigenvalue weighted by molar-refractivity contribution is 0.0443. The van der Waals surface area contributed by atoms with Crippen LogP contribution in [0, 0.1) is 6.92 Å². The third kappa shape index (κ3) is 3.50. The van der Waals surface area contributed by atoms with E-state index in [-0.39, 0.29) is 17.3 Å². The molecule has 0 aliphatic carbocycles. The van der Waals surface area contributed by atoms with Crippen molar-refractivity contribution in [3.05, 3.63) is 53.0 Å². The van der Waals surface area contributed by atoms with E-state index in [0.29, 0.717) is 30.0 Å². The molecule has 2 aromatic rings. The Balaban J connectivity index is 1.69. The van der Waals surface area contributed by atoms with Gasteiger partial charge in [-0.3, -0.25) is 9.10 Å². The first kappa shape index (κ1) is 18.2. The number of furan rings is 1. The summed E-state index contributed by atoms with van der Waals surface area (Å²) in [5.41, 5.74) is 1.77. The molecule has 1 aromatic carbocycles. The van der Waals surface area contributed by atoms with Gasteiger partial charge in [0, 0.05) is 12.1 Å². The first-order valence-electron chi connectivity index (χ1n) is 8.22. The highest BCUT2D eigenvalue weighted by molar-refractivity contribution is 7.92. The van der Waals surface area contributed by atoms with E-state index in [1.807, 2.05) is 0 Å². The zero-order valence-corrected chi connectivity index (χ0v) is 15.3. The number of anilines is 1. The SMILES string of the molecule is CCS(=O)(=O)N1CCc2cc(C(=O)COC(=O)c3ccc(C)o3)ccc21. The molecule has 138 valence electrons. The second-order valence-electron chi connectivity index (χ2n) is 5.98. The van der Waals surface area contributed by atoms with Crippen molar-refractivity contribution < 1.29 is 27.2 Å². The Morgan fingerprint density at radius 1 is 1.23 bits per heavy atom. The number of carbonyl (C=O) groups excluding carboxylic acids is 2. The molecule has 8 heteroatoms. The number of carbonyl (C=O) groups is 2. The standard InChI is InChI=1S/C18H19NO6S/c1-3-26(22,23)19-9-8-13-10-14(5-6-15(13)19)16(20)11-24-18(21)17-7-4-12(2)25-17/h4-7,10H,3,8-9,11H2,1-2H3. The Morgan fingerprint density at radius 3 is 2.65 bits per heavy atom. The van der Waals surface area contributed by atoms with Gasteiger partial charge in [-0.05, 0) is 56.2 Å². The second kappa shape index (κ2) is 6.95. The summed E-state index contributed by atoms with van der Waals surface area (Å²) in [6.45, 7) is 3.26. The van der Waals surface area contributed by atoms with Crippen molar-refractivity contribution in [3.63, 3.8) is 0 Å². The zero-order valence-electron chi connectivity index (χ0n) is 14.5. The molecule has 0 amide bonds. The highest BCUT2D eigenvalue weighted by atomic mass is 32.2. The van der Waals surface area contributed by atoms with E-state index >= 15 is 0 Å². The van der Waals surface area contributed by atoms with E-state index in [1.54, 1.807) is 38.1 Å². The maximum Gasteiger partial charge on any atom is 0.374 e. The van der Waals surface area contributed by atoms with Crippen LogP contribution in [0.15, 0.2) is 34.7 Å². The van der Waals surface area contributed by atoms with Gasteiger partial charge in [0.1, 0.15) is 5.76 Å². The van der Waals surface area contributed by atoms with Gasteiger partial charge < -0.3 is 9.15 Å². The predicted molar refractivity (Wildman–Crippen MR) is 95.0 cm³/mol. The molecular weight excluding hydrogens is 358 g/mol. The van der Waals surface area contributed by atoms with Gasteiger partial charge in [0.15, 0.2) is 12.4 Å². The van der Waals surface area contributed by atoms with Crippen LogP contribution in [0.2, 0.25) is 0 Å². The largest absolute Gasteiger partial charge is 0.454 e. The maximum absolute atomic E-state index is 12.3. The van der Waals surface area contributed by atoms with Crippen molar-refractivity contribution in [2.75, 3.05) is 23.2 Å². The summed E-state index contributed by atoms with van der Waals surface area (Å²) in [7, 11) is -3.33. The molecule has 2 heterocycles. The van der Waals surface area contributed by atoms with Gasteiger partial charge in [-0.2, -0.15) is 0 Å². The highest BCUT2D eigenvalue weighted by Crippen LogP contribution is 2.31. The van der Waals surface area contributed by atoms with Crippen molar-refractivity contribution in [2.24, 2.45) is 0 Å². The first-order valence-corrected chi connectivity index (χ1v) is 9.83. The van der Waals surface area contributed by atoms with E-state index in [1.165, 1.54) is 10.4 Å². The molecule has 1 aromatic heterocycles. The predicted octanol–water partition coefficient (Wildman–Crippen LogP) is 2.34. The third-order valence-electron chi connectivity index (χ3n) is 4.23. The topological polar surface area (TPSA) is 93.9 Å². The summed E-state index contributed by atoms with van der Waals surface area (Å²) in [4.78, 5) is 24.1. The molecule has 0 saturated carbocycles. The van der Waals surface area contributed by atoms with Gasteiger partial charge in [-0.25, -0.2) is 13.2 Å². The summed E-state index contributed by atoms with van der Waals surface area (Å²) in [6, 6.07) is 7.96. The quantitative estimate of drug-likeness (QED) is 0.567. The minimum atomic E-state index is -3.33. The molecule has 7 nitrogen and oxygen atoms in total. The number of sulfonamides is 1. The minimum absolute atomic E-state index is 0.0231. The zero-order chi connectivity index (χ0) is 18.9. The van der Waals surface area contributed by atoms with Crippen LogP contribution in [-0.4, -0.2) is 39.1 Å². The lowest BCUT2D eigenvalue weighted by Crippen LogP contribution is -2.30. The molecule has 0 unspecified atom stereocenters. The lowest BCUT2D eigenvalue weighted by atomic mass is 10.1. The number of esters is 1. The van der Waals surface area contributed by atoms with Gasteiger partial charge in [-0.15, -0.1) is 0 Å². The van der Waals surface area contributed by atoms with Gasteiger partial charge in [0.05, 0.1) is 11.4 Å². The maximum atomic E-state index is 12.3. The fraction of sp³-hybridized carbons (Fsp3) is 0.333. The minimum Gasteiger partial charge on any atom is -0.454 e. The third-order valence-corrected chi connectivity index (χ3v) is 6.01. The number of rotatable bonds is 6. The number of ether oxygens (including phenoxy) is 1. The van der Waals surface area contributed by atoms with Gasteiger partial charge in [-0.1, -0.05) is 0 Å². The van der Waals surface area contributed by atoms with E-state index in [4.69, 9.17) is 9.15 Å². The highest BCUT2D eigenvalue weighted by Gasteiger charge is 2.28. The molecule has 26 heavy (non-hydrogen) atoms. The molecule has 0 atom stereocenters. The number of hydrogen-bond acceptors (Lipinski definition) is 6. The van der Waals surface area contributed by atoms with Crippen molar-refractivity contribution in [1.82, 2.24) is 0 Å². The van der Waals surface area contributed by atoms with Crippen LogP contribution in [0.25, 0.3) is 0 Å². The monoisotopic (exact) mass is 377 g/mol. The number of fused-ring (bicyclic) bond motifs is 1. The number of Topliss-reactive ketones (excluding diaryl/α,β-unsaturated/α-hetero) is 1. The van der Waals surface area contributed by atoms with Gasteiger partial charge >= 0.3 is 5.97 Å². The number of ketones is 1. The van der Waals surface area contributed by atoms with Crippen molar-refractivity contribution in [2.45, 2.75) is 20.3 Å². The Kier molecular flexibility index (Phi) is 4.86. The smallest absolute Gasteiger partial charge is 0.374 e. The molecule has 0 N–H and O–H groups in total. The lowest BCUT2D eigenvalue weighted by Gasteiger charge is -2.18. The van der Waals surface area contributed by atoms with Crippen LogP contribution in [-0.2, 0) is 21.2 Å². The molecule has 1 aliphatic heterocycles. The summed E-state index contributed by atoms with van der Waals surface area (Å²) in [5, 5.41) is 0. The molecular formula is C18H19NO6S. The number of nitrogens with zero attached hydrogens (tertiary/aromatic N) is 1. The van der Waals surface area contributed by atoms with Crippen molar-refractivity contribution in [1.29, 1.82) is 0 Å². The van der Waals surface area contributed by atoms with Gasteiger partial charge in [0.2, 0.25) is 15.8 Å². The van der Waals surface area contributed by atoms with Crippen LogP contribution in [0.1, 0.15) is 39.2 Å². The molecule has 1 aliphatic rings. The average Bonchev–Trinajstić information content (AvgIpc) is 3.25. The summed E-state index contributed by atoms with van der Waals surface area (Å²) in [5.74, 6) is -0.415. The normalized spacial score (nSPS) is 13.5. The molecule has 0 fully saturated rings. The van der Waals surface area contributed by atoms with E-state index in [9.17, 15) is 18.0 Å². The van der Waals surface area contributed by atoms with E-state index in [0.717, 1.165) is 5.56 Å². The van der Waals surface area contributed by atoms with Crippen molar-refractivity contribution in [3.8, 4) is 0 Å². The summed E-state index contributed by atoms with van der Waals surface area (Å²) >= 11 is 0. The van der Waals surface area contributed by atoms with Crippen molar-refractivity contribution >= 4 is 27.5 Å². The molecule has 3 rings (SSSR count). The summed E-state index contributed by atoms with van der Waals surface area (Å²) in [6.07, 6.45) is 0.543. The second-order valence-corrected chi connectivity index (χ2v) is 8.16. The fourth-order valence-corrected chi connectivity index (χ4v) is 3.98. The Hall–Kier alpha value is -2.61. The number of benzene rings is 1. The molecule has 0 saturated heterocycles. The number of aryl methyl sites for hydroxylation is 1. The Morgan fingerprint density at radius 2 is 2.00 bits per heavy atom. The average molecular weight is 377 g/mol. The van der Waals surface area contributed by atoms with Crippen LogP contribution < -0.4 is 4.31 Å². The van der Waals surface area contributed by atoms with Crippen LogP contribution in [0.3, 0.4) is 0 Å². The molecule has 0 spiro atoms. The fourth-order valence-electron chi connectivity index (χ4n) is 2.82. The summed E-state index contributed by atoms with van der Waals surface area (Å²) < 4.78 is 35.7. The van der Waals surface area contributed by atoms with Crippen LogP contribution in [0.4, 0.5) is 5.69 Å². The van der Waals surface area contributed by atoms with Crippen LogP contribution in [0.5, 0.6) is 0 Å². The molecule has 0 bridgehead atoms. The Bertz CT molecular complexity index is 960. The Labute approximate surface area is 151 Å². The van der Waals surface area contributed by atoms with E-state index < -0.39 is 22.6 Å². The van der Waals surface area contributed by atoms with Gasteiger partial charge in [0.25, 0.3) is 0 Å². The molecule has 0 radical (unpaired) electrons.